The quantitative estimate of drug-likeness (QED) is 0.848. The second-order valence-corrected chi connectivity index (χ2v) is 4.02. The highest BCUT2D eigenvalue weighted by Gasteiger charge is 2.11. The van der Waals surface area contributed by atoms with Gasteiger partial charge in [0.2, 0.25) is 0 Å². The van der Waals surface area contributed by atoms with E-state index in [1.807, 2.05) is 13.8 Å². The van der Waals surface area contributed by atoms with Crippen molar-refractivity contribution in [3.8, 4) is 5.75 Å². The predicted octanol–water partition coefficient (Wildman–Crippen LogP) is 2.60. The van der Waals surface area contributed by atoms with E-state index in [1.165, 1.54) is 13.2 Å². The van der Waals surface area contributed by atoms with Crippen LogP contribution in [0.2, 0.25) is 0 Å². The average Bonchev–Trinajstić information content (AvgIpc) is 2.36. The van der Waals surface area contributed by atoms with E-state index in [4.69, 9.17) is 4.74 Å². The highest BCUT2D eigenvalue weighted by molar-refractivity contribution is 5.74. The van der Waals surface area contributed by atoms with Crippen molar-refractivity contribution in [2.75, 3.05) is 13.7 Å². The number of halogens is 1. The van der Waals surface area contributed by atoms with E-state index in [0.717, 1.165) is 12.0 Å². The van der Waals surface area contributed by atoms with Crippen molar-refractivity contribution in [3.05, 3.63) is 29.6 Å². The molecule has 2 amide bonds. The van der Waals surface area contributed by atoms with Crippen molar-refractivity contribution in [3.63, 3.8) is 0 Å². The van der Waals surface area contributed by atoms with E-state index in [2.05, 4.69) is 10.6 Å². The van der Waals surface area contributed by atoms with E-state index in [-0.39, 0.29) is 17.8 Å². The van der Waals surface area contributed by atoms with Crippen molar-refractivity contribution < 1.29 is 13.9 Å². The molecule has 5 heteroatoms. The van der Waals surface area contributed by atoms with Gasteiger partial charge >= 0.3 is 6.03 Å². The molecule has 0 bridgehead atoms. The summed E-state index contributed by atoms with van der Waals surface area (Å²) in [5.74, 6) is -0.237. The topological polar surface area (TPSA) is 50.4 Å². The van der Waals surface area contributed by atoms with Gasteiger partial charge in [-0.05, 0) is 31.0 Å². The summed E-state index contributed by atoms with van der Waals surface area (Å²) in [4.78, 5) is 11.5. The number of methoxy groups -OCH3 is 1. The molecule has 1 atom stereocenters. The lowest BCUT2D eigenvalue weighted by Gasteiger charge is -2.15. The minimum atomic E-state index is -0.413. The molecular formula is C13H19FN2O2. The summed E-state index contributed by atoms with van der Waals surface area (Å²) in [6.45, 7) is 4.44. The minimum Gasteiger partial charge on any atom is -0.494 e. The van der Waals surface area contributed by atoms with Gasteiger partial charge in [0.15, 0.2) is 11.6 Å². The van der Waals surface area contributed by atoms with Crippen molar-refractivity contribution in [1.29, 1.82) is 0 Å². The first-order valence-electron chi connectivity index (χ1n) is 5.96. The average molecular weight is 254 g/mol. The first-order chi connectivity index (χ1) is 8.58. The minimum absolute atomic E-state index is 0.176. The van der Waals surface area contributed by atoms with Crippen LogP contribution in [0.5, 0.6) is 5.75 Å². The number of rotatable bonds is 5. The van der Waals surface area contributed by atoms with Gasteiger partial charge < -0.3 is 15.4 Å². The molecule has 4 nitrogen and oxygen atoms in total. The van der Waals surface area contributed by atoms with Crippen LogP contribution >= 0.6 is 0 Å². The van der Waals surface area contributed by atoms with Crippen LogP contribution < -0.4 is 15.4 Å². The Hall–Kier alpha value is -1.78. The zero-order valence-corrected chi connectivity index (χ0v) is 10.9. The maximum atomic E-state index is 13.2. The Morgan fingerprint density at radius 2 is 2.22 bits per heavy atom. The van der Waals surface area contributed by atoms with E-state index in [0.29, 0.717) is 6.54 Å². The third-order valence-electron chi connectivity index (χ3n) is 2.56. The van der Waals surface area contributed by atoms with Gasteiger partial charge in [-0.2, -0.15) is 0 Å². The highest BCUT2D eigenvalue weighted by Crippen LogP contribution is 2.22. The number of carbonyl (C=O) groups is 1. The molecule has 0 saturated heterocycles. The zero-order chi connectivity index (χ0) is 13.5. The number of urea groups is 1. The summed E-state index contributed by atoms with van der Waals surface area (Å²) in [7, 11) is 1.41. The number of ether oxygens (including phenoxy) is 1. The molecule has 0 heterocycles. The lowest BCUT2D eigenvalue weighted by Crippen LogP contribution is -2.37. The van der Waals surface area contributed by atoms with Crippen molar-refractivity contribution >= 4 is 6.03 Å². The van der Waals surface area contributed by atoms with Crippen molar-refractivity contribution in [2.24, 2.45) is 0 Å². The molecule has 0 aliphatic rings. The molecule has 0 radical (unpaired) electrons. The first-order valence-corrected chi connectivity index (χ1v) is 5.96. The maximum absolute atomic E-state index is 13.2. The number of hydrogen-bond donors (Lipinski definition) is 2. The number of benzene rings is 1. The molecule has 100 valence electrons. The number of amides is 2. The van der Waals surface area contributed by atoms with Gasteiger partial charge in [0.25, 0.3) is 0 Å². The summed E-state index contributed by atoms with van der Waals surface area (Å²) in [6, 6.07) is 4.10. The summed E-state index contributed by atoms with van der Waals surface area (Å²) in [5.41, 5.74) is 0.792. The molecule has 0 fully saturated rings. The monoisotopic (exact) mass is 254 g/mol. The molecule has 1 unspecified atom stereocenters. The van der Waals surface area contributed by atoms with Crippen molar-refractivity contribution in [1.82, 2.24) is 10.6 Å². The molecule has 2 N–H and O–H groups in total. The van der Waals surface area contributed by atoms with Crippen LogP contribution in [-0.2, 0) is 0 Å². The molecule has 1 aromatic carbocycles. The third-order valence-corrected chi connectivity index (χ3v) is 2.56. The normalized spacial score (nSPS) is 11.8. The van der Waals surface area contributed by atoms with Crippen LogP contribution in [0, 0.1) is 5.82 Å². The van der Waals surface area contributed by atoms with Gasteiger partial charge in [-0.25, -0.2) is 9.18 Å². The van der Waals surface area contributed by atoms with Gasteiger partial charge in [-0.15, -0.1) is 0 Å². The molecule has 0 aromatic heterocycles. The molecule has 1 rings (SSSR count). The standard InChI is InChI=1S/C13H19FN2O2/c1-4-7-15-13(17)16-9(2)10-5-6-11(14)12(8-10)18-3/h5-6,8-9H,4,7H2,1-3H3,(H2,15,16,17). The number of hydrogen-bond acceptors (Lipinski definition) is 2. The zero-order valence-electron chi connectivity index (χ0n) is 10.9. The van der Waals surface area contributed by atoms with Crippen LogP contribution in [-0.4, -0.2) is 19.7 Å². The van der Waals surface area contributed by atoms with Crippen LogP contribution in [0.1, 0.15) is 31.9 Å². The second kappa shape index (κ2) is 6.83. The predicted molar refractivity (Wildman–Crippen MR) is 68.2 cm³/mol. The van der Waals surface area contributed by atoms with E-state index >= 15 is 0 Å². The smallest absolute Gasteiger partial charge is 0.315 e. The first kappa shape index (κ1) is 14.3. The summed E-state index contributed by atoms with van der Waals surface area (Å²) < 4.78 is 18.1. The third kappa shape index (κ3) is 3.91. The number of carbonyl (C=O) groups excluding carboxylic acids is 1. The molecule has 0 aliphatic carbocycles. The Bertz CT molecular complexity index is 410. The van der Waals surface area contributed by atoms with Gasteiger partial charge in [0.1, 0.15) is 0 Å². The van der Waals surface area contributed by atoms with Crippen LogP contribution in [0.3, 0.4) is 0 Å². The fourth-order valence-corrected chi connectivity index (χ4v) is 1.52. The second-order valence-electron chi connectivity index (χ2n) is 4.02. The van der Waals surface area contributed by atoms with E-state index < -0.39 is 5.82 Å². The van der Waals surface area contributed by atoms with Gasteiger partial charge in [-0.1, -0.05) is 13.0 Å². The lowest BCUT2D eigenvalue weighted by molar-refractivity contribution is 0.238. The Morgan fingerprint density at radius 3 is 2.83 bits per heavy atom. The molecular weight excluding hydrogens is 235 g/mol. The summed E-state index contributed by atoms with van der Waals surface area (Å²) >= 11 is 0. The number of nitrogens with one attached hydrogen (secondary N) is 2. The summed E-state index contributed by atoms with van der Waals surface area (Å²) in [5, 5.41) is 5.49. The Morgan fingerprint density at radius 1 is 1.50 bits per heavy atom. The van der Waals surface area contributed by atoms with Gasteiger partial charge in [0.05, 0.1) is 13.2 Å². The molecule has 1 aromatic rings. The fraction of sp³-hybridized carbons (Fsp3) is 0.462. The fourth-order valence-electron chi connectivity index (χ4n) is 1.52. The van der Waals surface area contributed by atoms with Crippen LogP contribution in [0.4, 0.5) is 9.18 Å². The van der Waals surface area contributed by atoms with E-state index in [1.54, 1.807) is 12.1 Å². The molecule has 18 heavy (non-hydrogen) atoms. The Balaban J connectivity index is 2.66. The lowest BCUT2D eigenvalue weighted by atomic mass is 10.1. The summed E-state index contributed by atoms with van der Waals surface area (Å²) in [6.07, 6.45) is 0.881. The van der Waals surface area contributed by atoms with Crippen molar-refractivity contribution in [2.45, 2.75) is 26.3 Å². The van der Waals surface area contributed by atoms with Crippen LogP contribution in [0.25, 0.3) is 0 Å². The van der Waals surface area contributed by atoms with Crippen LogP contribution in [0.15, 0.2) is 18.2 Å². The van der Waals surface area contributed by atoms with Gasteiger partial charge in [-0.3, -0.25) is 0 Å². The van der Waals surface area contributed by atoms with Gasteiger partial charge in [0, 0.05) is 6.54 Å². The Labute approximate surface area is 107 Å². The molecule has 0 saturated carbocycles. The maximum Gasteiger partial charge on any atom is 0.315 e. The molecule has 0 aliphatic heterocycles. The van der Waals surface area contributed by atoms with E-state index in [9.17, 15) is 9.18 Å². The molecule has 0 spiro atoms. The largest absolute Gasteiger partial charge is 0.494 e. The SMILES string of the molecule is CCCNC(=O)NC(C)c1ccc(F)c(OC)c1. The Kier molecular flexibility index (Phi) is 5.42. The highest BCUT2D eigenvalue weighted by atomic mass is 19.1.